The second kappa shape index (κ2) is 11.1. The summed E-state index contributed by atoms with van der Waals surface area (Å²) in [5.41, 5.74) is 0.918. The highest BCUT2D eigenvalue weighted by Crippen LogP contribution is 2.47. The third-order valence-electron chi connectivity index (χ3n) is 14.2. The summed E-state index contributed by atoms with van der Waals surface area (Å²) in [6.07, 6.45) is 24.3. The van der Waals surface area contributed by atoms with Crippen molar-refractivity contribution >= 4 is 10.2 Å². The zero-order valence-corrected chi connectivity index (χ0v) is 27.4. The zero-order chi connectivity index (χ0) is 27.1. The van der Waals surface area contributed by atoms with E-state index in [0.717, 1.165) is 52.9 Å². The molecule has 8 bridgehead atoms. The lowest BCUT2D eigenvalue weighted by Crippen LogP contribution is -2.61. The van der Waals surface area contributed by atoms with Crippen LogP contribution >= 0.6 is 0 Å². The third kappa shape index (κ3) is 4.66. The zero-order valence-electron chi connectivity index (χ0n) is 25.4. The summed E-state index contributed by atoms with van der Waals surface area (Å²) in [5, 5.41) is 34.0. The maximum absolute atomic E-state index is 4.31. The molecule has 9 fully saturated rings. The highest BCUT2D eigenvalue weighted by atomic mass is 28.1. The molecule has 5 saturated heterocycles. The van der Waals surface area contributed by atoms with Gasteiger partial charge in [-0.1, -0.05) is 51.4 Å². The van der Waals surface area contributed by atoms with Crippen molar-refractivity contribution in [3.05, 3.63) is 0 Å². The molecule has 8 N–H and O–H groups in total. The average molecular weight is 583 g/mol. The Kier molecular flexibility index (Phi) is 7.34. The highest BCUT2D eigenvalue weighted by molar-refractivity contribution is 6.12. The van der Waals surface area contributed by atoms with E-state index >= 15 is 0 Å². The van der Waals surface area contributed by atoms with Crippen molar-refractivity contribution in [2.45, 2.75) is 151 Å². The van der Waals surface area contributed by atoms with Gasteiger partial charge in [0.25, 0.3) is 0 Å². The summed E-state index contributed by atoms with van der Waals surface area (Å²) in [4.78, 5) is 0. The van der Waals surface area contributed by atoms with Crippen LogP contribution in [-0.2, 0) is 0 Å². The first kappa shape index (κ1) is 27.2. The van der Waals surface area contributed by atoms with Crippen LogP contribution in [0.5, 0.6) is 0 Å². The van der Waals surface area contributed by atoms with E-state index < -0.39 is 0 Å². The van der Waals surface area contributed by atoms with Gasteiger partial charge in [0, 0.05) is 10.2 Å². The Morgan fingerprint density at radius 1 is 0.293 bits per heavy atom. The van der Waals surface area contributed by atoms with E-state index in [4.69, 9.17) is 0 Å². The van der Waals surface area contributed by atoms with Crippen LogP contribution in [0.3, 0.4) is 0 Å². The second-order valence-corrected chi connectivity index (χ2v) is 17.6. The van der Waals surface area contributed by atoms with Crippen LogP contribution in [0.2, 0.25) is 5.54 Å². The molecule has 41 heavy (non-hydrogen) atoms. The van der Waals surface area contributed by atoms with Gasteiger partial charge in [0.15, 0.2) is 0 Å². The van der Waals surface area contributed by atoms with E-state index in [1.807, 2.05) is 0 Å². The molecule has 230 valence electrons. The monoisotopic (exact) mass is 582 g/mol. The standard InChI is InChI=1S/C32H58N8Si/c41-23-15-7-14-22-24(23)32-39-30-21-13-6-5-12-20(21)28(37-30)35-26-17-9-2-1-8-16(17)25(33-26)34-27-18-10-3-4-11-19(18)29(36-27)38-31(22)40-32/h16-40H,1-15H2,41H3. The van der Waals surface area contributed by atoms with Crippen molar-refractivity contribution in [1.82, 2.24) is 42.5 Å². The summed E-state index contributed by atoms with van der Waals surface area (Å²) in [6, 6.07) is 0. The fourth-order valence-corrected chi connectivity index (χ4v) is 13.7. The Labute approximate surface area is 251 Å². The van der Waals surface area contributed by atoms with Crippen LogP contribution in [0.4, 0.5) is 0 Å². The van der Waals surface area contributed by atoms with Crippen molar-refractivity contribution in [3.8, 4) is 0 Å². The molecular formula is C32H58N8Si. The van der Waals surface area contributed by atoms with E-state index in [2.05, 4.69) is 42.5 Å². The maximum Gasteiger partial charge on any atom is 0.0628 e. The molecule has 5 heterocycles. The van der Waals surface area contributed by atoms with Gasteiger partial charge in [-0.05, 0) is 97.8 Å². The average Bonchev–Trinajstić information content (AvgIpc) is 3.73. The molecule has 8 nitrogen and oxygen atoms in total. The van der Waals surface area contributed by atoms with E-state index in [9.17, 15) is 0 Å². The molecule has 0 aromatic carbocycles. The Hall–Kier alpha value is -0.103. The Balaban J connectivity index is 1.06. The Bertz CT molecular complexity index is 953. The van der Waals surface area contributed by atoms with Crippen LogP contribution in [0.25, 0.3) is 0 Å². The first-order valence-electron chi connectivity index (χ1n) is 18.3. The quantitative estimate of drug-likeness (QED) is 0.203. The highest BCUT2D eigenvalue weighted by Gasteiger charge is 2.55. The summed E-state index contributed by atoms with van der Waals surface area (Å²) >= 11 is 0. The normalized spacial score (nSPS) is 58.4. The lowest BCUT2D eigenvalue weighted by atomic mass is 9.76. The lowest BCUT2D eigenvalue weighted by Gasteiger charge is -2.38. The molecule has 17 atom stereocenters. The SMILES string of the molecule is [SiH3]C1CCCC2C3NC4NC(NC5NC(NC6NC(NC(N3)C12)C1CCCCC61)C1CCCCC51)C1CCCCC41. The summed E-state index contributed by atoms with van der Waals surface area (Å²) < 4.78 is 0. The smallest absolute Gasteiger partial charge is 0.0628 e. The molecule has 5 aliphatic heterocycles. The molecule has 0 radical (unpaired) electrons. The molecule has 9 rings (SSSR count). The minimum absolute atomic E-state index is 0.421. The summed E-state index contributed by atoms with van der Waals surface area (Å²) in [7, 11) is 1.32. The van der Waals surface area contributed by atoms with Gasteiger partial charge in [-0.25, -0.2) is 0 Å². The van der Waals surface area contributed by atoms with Gasteiger partial charge >= 0.3 is 0 Å². The molecule has 9 aliphatic rings. The molecule has 0 spiro atoms. The Morgan fingerprint density at radius 3 is 0.902 bits per heavy atom. The van der Waals surface area contributed by atoms with Crippen molar-refractivity contribution in [3.63, 3.8) is 0 Å². The van der Waals surface area contributed by atoms with Crippen LogP contribution < -0.4 is 42.5 Å². The fourth-order valence-electron chi connectivity index (χ4n) is 12.4. The van der Waals surface area contributed by atoms with Crippen molar-refractivity contribution in [1.29, 1.82) is 0 Å². The number of nitrogens with one attached hydrogen (secondary N) is 8. The predicted octanol–water partition coefficient (Wildman–Crippen LogP) is 1.37. The van der Waals surface area contributed by atoms with Crippen molar-refractivity contribution in [2.75, 3.05) is 0 Å². The van der Waals surface area contributed by atoms with Gasteiger partial charge in [0.05, 0.1) is 49.3 Å². The largest absolute Gasteiger partial charge is 0.286 e. The fraction of sp³-hybridized carbons (Fsp3) is 1.00. The van der Waals surface area contributed by atoms with Gasteiger partial charge < -0.3 is 0 Å². The van der Waals surface area contributed by atoms with Gasteiger partial charge in [-0.3, -0.25) is 42.5 Å². The number of hydrogen-bond acceptors (Lipinski definition) is 8. The van der Waals surface area contributed by atoms with Gasteiger partial charge in [0.1, 0.15) is 0 Å². The molecule has 0 amide bonds. The van der Waals surface area contributed by atoms with Crippen LogP contribution in [0.1, 0.15) is 96.3 Å². The lowest BCUT2D eigenvalue weighted by molar-refractivity contribution is 0.168. The molecule has 0 aromatic heterocycles. The number of fused-ring (bicyclic) bond motifs is 20. The maximum atomic E-state index is 4.31. The van der Waals surface area contributed by atoms with Crippen LogP contribution in [0.15, 0.2) is 0 Å². The van der Waals surface area contributed by atoms with E-state index in [1.54, 1.807) is 0 Å². The minimum Gasteiger partial charge on any atom is -0.286 e. The van der Waals surface area contributed by atoms with E-state index in [1.165, 1.54) is 107 Å². The molecule has 9 heteroatoms. The van der Waals surface area contributed by atoms with Crippen molar-refractivity contribution < 1.29 is 0 Å². The molecule has 4 aliphatic carbocycles. The summed E-state index contributed by atoms with van der Waals surface area (Å²) in [5.74, 6) is 6.02. The minimum atomic E-state index is 0.421. The van der Waals surface area contributed by atoms with Crippen LogP contribution in [-0.4, -0.2) is 59.6 Å². The first-order chi connectivity index (χ1) is 20.2. The molecule has 17 unspecified atom stereocenters. The van der Waals surface area contributed by atoms with E-state index in [-0.39, 0.29) is 0 Å². The third-order valence-corrected chi connectivity index (χ3v) is 15.6. The number of rotatable bonds is 0. The van der Waals surface area contributed by atoms with Gasteiger partial charge in [-0.2, -0.15) is 0 Å². The second-order valence-electron chi connectivity index (χ2n) is 16.1. The van der Waals surface area contributed by atoms with Crippen molar-refractivity contribution in [2.24, 2.45) is 47.3 Å². The first-order valence-corrected chi connectivity index (χ1v) is 19.5. The predicted molar refractivity (Wildman–Crippen MR) is 166 cm³/mol. The number of hydrogen-bond donors (Lipinski definition) is 8. The van der Waals surface area contributed by atoms with E-state index in [0.29, 0.717) is 49.3 Å². The summed E-state index contributed by atoms with van der Waals surface area (Å²) in [6.45, 7) is 0. The van der Waals surface area contributed by atoms with Gasteiger partial charge in [0.2, 0.25) is 0 Å². The Morgan fingerprint density at radius 2 is 0.561 bits per heavy atom. The van der Waals surface area contributed by atoms with Crippen LogP contribution in [0, 0.1) is 47.3 Å². The molecule has 4 saturated carbocycles. The molecular weight excluding hydrogens is 524 g/mol. The molecule has 0 aromatic rings. The topological polar surface area (TPSA) is 96.2 Å². The van der Waals surface area contributed by atoms with Gasteiger partial charge in [-0.15, -0.1) is 0 Å².